The van der Waals surface area contributed by atoms with Gasteiger partial charge in [0.1, 0.15) is 17.1 Å². The van der Waals surface area contributed by atoms with Gasteiger partial charge < -0.3 is 124 Å². The summed E-state index contributed by atoms with van der Waals surface area (Å²) in [6.45, 7) is 5.02. The Kier molecular flexibility index (Phi) is 33.1. The van der Waals surface area contributed by atoms with Gasteiger partial charge in [-0.05, 0) is 24.6 Å². The molecule has 8 rings (SSSR count). The van der Waals surface area contributed by atoms with E-state index < -0.39 is 65.0 Å². The predicted octanol–water partition coefficient (Wildman–Crippen LogP) is -0.687. The third kappa shape index (κ3) is 27.9. The van der Waals surface area contributed by atoms with Gasteiger partial charge in [0.2, 0.25) is 41.1 Å². The van der Waals surface area contributed by atoms with E-state index in [2.05, 4.69) is 88.7 Å². The number of aliphatic carboxylic acids is 1. The van der Waals surface area contributed by atoms with E-state index in [1.807, 2.05) is 0 Å². The van der Waals surface area contributed by atoms with Gasteiger partial charge in [0, 0.05) is 164 Å². The van der Waals surface area contributed by atoms with Crippen LogP contribution in [0.25, 0.3) is 0 Å². The number of carboxylic acids is 1. The minimum atomic E-state index is -0.969. The first-order chi connectivity index (χ1) is 54.3. The molecule has 0 atom stereocenters. The zero-order chi connectivity index (χ0) is 81.3. The number of carbonyl (C=O) groups excluding carboxylic acids is 11. The van der Waals surface area contributed by atoms with Crippen molar-refractivity contribution in [2.24, 2.45) is 49.3 Å². The third-order valence-electron chi connectivity index (χ3n) is 16.1. The van der Waals surface area contributed by atoms with Crippen LogP contribution in [0.5, 0.6) is 0 Å². The van der Waals surface area contributed by atoms with Crippen LogP contribution in [0.15, 0.2) is 74.0 Å². The zero-order valence-corrected chi connectivity index (χ0v) is 63.5. The summed E-state index contributed by atoms with van der Waals surface area (Å²) in [5, 5.41) is 45.8. The number of aryl methyl sites for hydroxylation is 7. The summed E-state index contributed by atoms with van der Waals surface area (Å²) in [6, 6.07) is 4.37. The van der Waals surface area contributed by atoms with Gasteiger partial charge in [-0.1, -0.05) is 5.21 Å². The number of nitrogens with zero attached hydrogens (tertiary/aromatic N) is 14. The summed E-state index contributed by atoms with van der Waals surface area (Å²) in [6.07, 6.45) is 13.3. The zero-order valence-electron chi connectivity index (χ0n) is 63.5. The Morgan fingerprint density at radius 2 is 0.761 bits per heavy atom. The van der Waals surface area contributed by atoms with Gasteiger partial charge in [-0.25, -0.2) is 24.6 Å². The van der Waals surface area contributed by atoms with Crippen LogP contribution in [0.1, 0.15) is 112 Å². The molecule has 8 heterocycles. The van der Waals surface area contributed by atoms with Gasteiger partial charge in [0.15, 0.2) is 23.3 Å². The smallest absolute Gasteiger partial charge is 0.309 e. The van der Waals surface area contributed by atoms with Gasteiger partial charge in [-0.3, -0.25) is 57.5 Å². The van der Waals surface area contributed by atoms with Gasteiger partial charge in [-0.2, -0.15) is 0 Å². The van der Waals surface area contributed by atoms with E-state index in [0.717, 1.165) is 0 Å². The molecule has 44 nitrogen and oxygen atoms in total. The fraction of sp³-hybridized carbons (Fsp3) is 0.449. The molecule has 0 bridgehead atoms. The fourth-order valence-electron chi connectivity index (χ4n) is 10.6. The second-order valence-corrected chi connectivity index (χ2v) is 25.2. The number of hydrogen-bond acceptors (Lipinski definition) is 24. The fourth-order valence-corrected chi connectivity index (χ4v) is 10.6. The van der Waals surface area contributed by atoms with Crippen LogP contribution in [-0.4, -0.2) is 255 Å². The summed E-state index contributed by atoms with van der Waals surface area (Å²) < 4.78 is 44.7. The Bertz CT molecular complexity index is 4610. The van der Waals surface area contributed by atoms with Crippen molar-refractivity contribution in [3.63, 3.8) is 0 Å². The van der Waals surface area contributed by atoms with Crippen LogP contribution in [-0.2, 0) is 115 Å². The third-order valence-corrected chi connectivity index (χ3v) is 16.1. The lowest BCUT2D eigenvalue weighted by molar-refractivity contribution is -0.136. The van der Waals surface area contributed by atoms with Crippen molar-refractivity contribution in [3.8, 4) is 0 Å². The first-order valence-electron chi connectivity index (χ1n) is 35.6. The molecule has 44 heteroatoms. The average molecular weight is 1580 g/mol. The molecule has 0 aliphatic rings. The predicted molar refractivity (Wildman–Crippen MR) is 401 cm³/mol. The first-order valence-corrected chi connectivity index (χ1v) is 35.6. The van der Waals surface area contributed by atoms with E-state index in [1.165, 1.54) is 87.5 Å². The highest BCUT2D eigenvalue weighted by Gasteiger charge is 2.24. The summed E-state index contributed by atoms with van der Waals surface area (Å²) in [5.74, 6) is -6.31. The van der Waals surface area contributed by atoms with Gasteiger partial charge in [0.25, 0.3) is 41.4 Å². The molecule has 8 aromatic heterocycles. The standard InChI is InChI=1S/C69H93N25O19/c1-87-19-17-71-59(87)68(106)77-45-34-49(89(3)38-45)64(102)73-15-12-57(98)80-52-42-93(7)62(82-52)69(107)78-46-35-48(88(2)39-46)63(101)72-13-8-9-55(96)79-51-41-91(5)60(81-51)66(104)75-16-11-56(97)76-44-33-50(90(4)37-44)65(103)84-53-43-92(6)61(83-53)67(105)74-14-10-54(95)70-18-21-108-23-25-110-27-29-112-31-32-113-30-28-111-26-24-109-22-20-94-40-47(85-86-94)36-58(99)100/h17,19,33-35,37-43H,8-16,18,20-32,36H2,1-7H3,(H,70,95)(H,72,101)(H,73,102)(H,74,105)(H,75,104)(H,76,97)(H,77,106)(H,78,107)(H,79,96)(H,80,98)(H,84,103)(H,99,100). The van der Waals surface area contributed by atoms with Gasteiger partial charge >= 0.3 is 5.97 Å². The van der Waals surface area contributed by atoms with E-state index in [9.17, 15) is 57.5 Å². The molecule has 12 N–H and O–H groups in total. The van der Waals surface area contributed by atoms with E-state index in [-0.39, 0.29) is 153 Å². The molecular weight excluding hydrogens is 1480 g/mol. The molecule has 0 aliphatic heterocycles. The average Bonchev–Trinajstić information content (AvgIpc) is 1.69. The number of carboxylic acid groups (broad SMARTS) is 1. The molecule has 0 spiro atoms. The number of ether oxygens (including phenoxy) is 6. The van der Waals surface area contributed by atoms with E-state index >= 15 is 0 Å². The largest absolute Gasteiger partial charge is 0.481 e. The highest BCUT2D eigenvalue weighted by molar-refractivity contribution is 6.06. The van der Waals surface area contributed by atoms with Crippen LogP contribution in [0.2, 0.25) is 0 Å². The maximum atomic E-state index is 13.3. The van der Waals surface area contributed by atoms with Crippen LogP contribution in [0, 0.1) is 0 Å². The molecule has 0 radical (unpaired) electrons. The molecule has 0 unspecified atom stereocenters. The number of nitrogens with one attached hydrogen (secondary N) is 11. The number of imidazole rings is 4. The lowest BCUT2D eigenvalue weighted by atomic mass is 10.3. The maximum Gasteiger partial charge on any atom is 0.309 e. The number of anilines is 6. The molecule has 608 valence electrons. The highest BCUT2D eigenvalue weighted by atomic mass is 16.6. The first kappa shape index (κ1) is 85.8. The Balaban J connectivity index is 0.618. The number of amides is 11. The number of rotatable bonds is 49. The Morgan fingerprint density at radius 1 is 0.363 bits per heavy atom. The Morgan fingerprint density at radius 3 is 1.24 bits per heavy atom. The number of aromatic nitrogens is 14. The molecular formula is C69H93N25O19. The van der Waals surface area contributed by atoms with Crippen LogP contribution in [0.4, 0.5) is 34.5 Å². The Hall–Kier alpha value is -12.8. The second-order valence-electron chi connectivity index (χ2n) is 25.2. The number of carbonyl (C=O) groups is 12. The van der Waals surface area contributed by atoms with Crippen molar-refractivity contribution >= 4 is 105 Å². The topological polar surface area (TPSA) is 530 Å². The van der Waals surface area contributed by atoms with Crippen molar-refractivity contribution in [1.82, 2.24) is 93.5 Å². The summed E-state index contributed by atoms with van der Waals surface area (Å²) >= 11 is 0. The molecule has 0 saturated carbocycles. The molecule has 0 aromatic carbocycles. The van der Waals surface area contributed by atoms with Gasteiger partial charge in [0.05, 0.1) is 115 Å². The maximum absolute atomic E-state index is 13.3. The highest BCUT2D eigenvalue weighted by Crippen LogP contribution is 2.20. The Labute approximate surface area is 646 Å². The van der Waals surface area contributed by atoms with E-state index in [4.69, 9.17) is 33.5 Å². The lowest BCUT2D eigenvalue weighted by Crippen LogP contribution is -2.33. The van der Waals surface area contributed by atoms with Crippen molar-refractivity contribution in [1.29, 1.82) is 0 Å². The second kappa shape index (κ2) is 43.6. The van der Waals surface area contributed by atoms with Crippen molar-refractivity contribution in [2.45, 2.75) is 45.1 Å². The van der Waals surface area contributed by atoms with Crippen LogP contribution >= 0.6 is 0 Å². The van der Waals surface area contributed by atoms with Crippen LogP contribution in [0.3, 0.4) is 0 Å². The van der Waals surface area contributed by atoms with Crippen molar-refractivity contribution in [3.05, 3.63) is 120 Å². The summed E-state index contributed by atoms with van der Waals surface area (Å²) in [7, 11) is 11.2. The van der Waals surface area contributed by atoms with E-state index in [0.29, 0.717) is 90.6 Å². The van der Waals surface area contributed by atoms with Crippen molar-refractivity contribution < 1.29 is 91.1 Å². The summed E-state index contributed by atoms with van der Waals surface area (Å²) in [4.78, 5) is 170. The molecule has 0 aliphatic carbocycles. The molecule has 0 saturated heterocycles. The lowest BCUT2D eigenvalue weighted by Gasteiger charge is -2.09. The SMILES string of the molecule is Cn1cc(NC(=O)c2nc(NC(=O)CCNC(=O)c3cc(NC(=O)c4nccn4C)cn3C)cn2C)cc1C(=O)NCCCC(=O)Nc1cn(C)c(C(=O)NCCC(=O)Nc2cc(C(=O)Nc3cn(C)c(C(=O)NCCC(=O)NCCOCCOCCOCCOCCOCCOCCn4cc(CC(=O)O)nn4)n3)n(C)c2)n1. The number of hydrogen-bond donors (Lipinski definition) is 12. The molecule has 0 fully saturated rings. The normalized spacial score (nSPS) is 11.1. The minimum Gasteiger partial charge on any atom is -0.481 e. The van der Waals surface area contributed by atoms with E-state index in [1.54, 1.807) is 72.5 Å². The van der Waals surface area contributed by atoms with Crippen molar-refractivity contribution in [2.75, 3.05) is 144 Å². The molecule has 113 heavy (non-hydrogen) atoms. The minimum absolute atomic E-state index is 0.00568. The van der Waals surface area contributed by atoms with Crippen LogP contribution < -0.4 is 58.5 Å². The monoisotopic (exact) mass is 1580 g/mol. The summed E-state index contributed by atoms with van der Waals surface area (Å²) in [5.41, 5.74) is 1.88. The van der Waals surface area contributed by atoms with Gasteiger partial charge in [-0.15, -0.1) is 5.10 Å². The molecule has 11 amide bonds. The molecule has 8 aromatic rings. The quantitative estimate of drug-likeness (QED) is 0.0210.